The summed E-state index contributed by atoms with van der Waals surface area (Å²) in [6.07, 6.45) is -9.09. The lowest BCUT2D eigenvalue weighted by Gasteiger charge is -2.46. The smallest absolute Gasteiger partial charge is 0.417 e. The summed E-state index contributed by atoms with van der Waals surface area (Å²) < 4.78 is 73.1. The van der Waals surface area contributed by atoms with Crippen molar-refractivity contribution in [3.63, 3.8) is 0 Å². The number of amides is 4. The standard InChI is InChI=1S/C25H37F5N4O7/c1-22(2,3)17(33-21(39)41-5)20(38)34-11-10-24(40,25(28,29)30)12-15(34)18(36)32-14(8-9-23(4,26)27)16(35)19(37)31-13-6-7-13/h13-15,17,40H,6-12H2,1-5H3,(H,31,37)(H,32,36)(H,33,39)/t14-,15-,17+,24?/m0/s1. The number of nitrogens with zero attached hydrogens (tertiary/aromatic N) is 1. The molecule has 0 aromatic heterocycles. The van der Waals surface area contributed by atoms with E-state index in [1.54, 1.807) is 0 Å². The second-order valence-corrected chi connectivity index (χ2v) is 11.7. The molecule has 1 unspecified atom stereocenters. The second kappa shape index (κ2) is 12.4. The molecule has 0 spiro atoms. The van der Waals surface area contributed by atoms with Gasteiger partial charge in [0, 0.05) is 31.8 Å². The lowest BCUT2D eigenvalue weighted by molar-refractivity contribution is -0.276. The zero-order valence-electron chi connectivity index (χ0n) is 23.5. The molecule has 4 N–H and O–H groups in total. The molecule has 4 amide bonds. The second-order valence-electron chi connectivity index (χ2n) is 11.7. The third kappa shape index (κ3) is 9.23. The Hall–Kier alpha value is -3.04. The number of hydrogen-bond donors (Lipinski definition) is 4. The molecule has 2 fully saturated rings. The number of ether oxygens (including phenoxy) is 1. The van der Waals surface area contributed by atoms with Crippen LogP contribution in [0.5, 0.6) is 0 Å². The maximum absolute atomic E-state index is 13.8. The molecule has 11 nitrogen and oxygen atoms in total. The van der Waals surface area contributed by atoms with Crippen molar-refractivity contribution in [1.82, 2.24) is 20.9 Å². The molecule has 1 saturated carbocycles. The van der Waals surface area contributed by atoms with Gasteiger partial charge in [-0.15, -0.1) is 0 Å². The van der Waals surface area contributed by atoms with Crippen molar-refractivity contribution in [2.45, 2.75) is 108 Å². The fourth-order valence-corrected chi connectivity index (χ4v) is 4.32. The van der Waals surface area contributed by atoms with Gasteiger partial charge in [-0.25, -0.2) is 13.6 Å². The normalized spacial score (nSPS) is 23.2. The van der Waals surface area contributed by atoms with Crippen molar-refractivity contribution in [3.8, 4) is 0 Å². The lowest BCUT2D eigenvalue weighted by atomic mass is 9.82. The molecule has 0 radical (unpaired) electrons. The van der Waals surface area contributed by atoms with E-state index >= 15 is 0 Å². The summed E-state index contributed by atoms with van der Waals surface area (Å²) >= 11 is 0. The highest BCUT2D eigenvalue weighted by Crippen LogP contribution is 2.41. The third-order valence-corrected chi connectivity index (χ3v) is 6.99. The summed E-state index contributed by atoms with van der Waals surface area (Å²) in [6.45, 7) is 4.38. The maximum atomic E-state index is 13.8. The van der Waals surface area contributed by atoms with E-state index in [-0.39, 0.29) is 6.04 Å². The van der Waals surface area contributed by atoms with E-state index in [9.17, 15) is 51.0 Å². The molecule has 234 valence electrons. The highest BCUT2D eigenvalue weighted by Gasteiger charge is 2.59. The van der Waals surface area contributed by atoms with Gasteiger partial charge < -0.3 is 30.7 Å². The van der Waals surface area contributed by atoms with Gasteiger partial charge in [-0.3, -0.25) is 19.2 Å². The Balaban J connectivity index is 2.43. The Morgan fingerprint density at radius 2 is 1.61 bits per heavy atom. The molecule has 0 bridgehead atoms. The molecule has 0 aromatic carbocycles. The molecular formula is C25H37F5N4O7. The number of methoxy groups -OCH3 is 1. The number of carbonyl (C=O) groups is 5. The molecule has 1 aliphatic heterocycles. The van der Waals surface area contributed by atoms with Crippen LogP contribution < -0.4 is 16.0 Å². The summed E-state index contributed by atoms with van der Waals surface area (Å²) in [7, 11) is 1.02. The van der Waals surface area contributed by atoms with Crippen molar-refractivity contribution in [2.75, 3.05) is 13.7 Å². The van der Waals surface area contributed by atoms with E-state index in [1.807, 2.05) is 0 Å². The van der Waals surface area contributed by atoms with Crippen LogP contribution in [0.15, 0.2) is 0 Å². The number of rotatable bonds is 10. The van der Waals surface area contributed by atoms with Gasteiger partial charge in [0.1, 0.15) is 12.1 Å². The minimum atomic E-state index is -5.21. The Labute approximate surface area is 233 Å². The number of halogens is 5. The molecule has 4 atom stereocenters. The van der Waals surface area contributed by atoms with Crippen LogP contribution >= 0.6 is 0 Å². The SMILES string of the molecule is COC(=O)N[C@H](C(=O)N1CCC(O)(C(F)(F)F)C[C@H]1C(=O)N[C@@H](CCC(C)(F)F)C(=O)C(=O)NC1CC1)C(C)(C)C. The first kappa shape index (κ1) is 34.2. The molecule has 1 aliphatic carbocycles. The van der Waals surface area contributed by atoms with Gasteiger partial charge in [-0.1, -0.05) is 20.8 Å². The van der Waals surface area contributed by atoms with E-state index in [2.05, 4.69) is 20.7 Å². The fraction of sp³-hybridized carbons (Fsp3) is 0.800. The molecule has 1 heterocycles. The minimum absolute atomic E-state index is 0.291. The number of alkyl halides is 5. The molecule has 2 rings (SSSR count). The minimum Gasteiger partial charge on any atom is -0.453 e. The van der Waals surface area contributed by atoms with E-state index in [4.69, 9.17) is 0 Å². The van der Waals surface area contributed by atoms with Gasteiger partial charge in [0.2, 0.25) is 23.5 Å². The van der Waals surface area contributed by atoms with Gasteiger partial charge in [-0.05, 0) is 31.6 Å². The number of likely N-dealkylation sites (tertiary alicyclic amines) is 1. The summed E-state index contributed by atoms with van der Waals surface area (Å²) in [6, 6.07) is -5.59. The van der Waals surface area contributed by atoms with Gasteiger partial charge in [0.15, 0.2) is 5.60 Å². The maximum Gasteiger partial charge on any atom is 0.417 e. The van der Waals surface area contributed by atoms with Crippen molar-refractivity contribution in [2.24, 2.45) is 5.41 Å². The summed E-state index contributed by atoms with van der Waals surface area (Å²) in [5.74, 6) is -8.10. The first-order valence-electron chi connectivity index (χ1n) is 13.1. The first-order valence-corrected chi connectivity index (χ1v) is 13.1. The van der Waals surface area contributed by atoms with Gasteiger partial charge >= 0.3 is 12.3 Å². The number of Topliss-reactive ketones (excluding diaryl/α,β-unsaturated/α-hetero) is 1. The van der Waals surface area contributed by atoms with Gasteiger partial charge in [0.05, 0.1) is 13.2 Å². The van der Waals surface area contributed by atoms with Crippen LogP contribution in [0.4, 0.5) is 26.7 Å². The predicted octanol–water partition coefficient (Wildman–Crippen LogP) is 1.81. The number of aliphatic hydroxyl groups is 1. The zero-order chi connectivity index (χ0) is 31.6. The van der Waals surface area contributed by atoms with Crippen molar-refractivity contribution in [3.05, 3.63) is 0 Å². The monoisotopic (exact) mass is 600 g/mol. The zero-order valence-corrected chi connectivity index (χ0v) is 23.5. The van der Waals surface area contributed by atoms with Crippen LogP contribution in [-0.2, 0) is 23.9 Å². The van der Waals surface area contributed by atoms with Crippen LogP contribution in [0.25, 0.3) is 0 Å². The Kier molecular flexibility index (Phi) is 10.4. The molecular weight excluding hydrogens is 563 g/mol. The molecule has 41 heavy (non-hydrogen) atoms. The third-order valence-electron chi connectivity index (χ3n) is 6.99. The van der Waals surface area contributed by atoms with E-state index in [0.717, 1.165) is 12.0 Å². The van der Waals surface area contributed by atoms with Gasteiger partial charge in [-0.2, -0.15) is 13.2 Å². The molecule has 2 aliphatic rings. The number of carbonyl (C=O) groups excluding carboxylic acids is 5. The van der Waals surface area contributed by atoms with Crippen LogP contribution in [0, 0.1) is 5.41 Å². The predicted molar refractivity (Wildman–Crippen MR) is 132 cm³/mol. The highest BCUT2D eigenvalue weighted by molar-refractivity contribution is 6.38. The molecule has 0 aromatic rings. The van der Waals surface area contributed by atoms with E-state index < -0.39 is 103 Å². The number of alkyl carbamates (subject to hydrolysis) is 1. The number of hydrogen-bond acceptors (Lipinski definition) is 7. The Bertz CT molecular complexity index is 1020. The number of ketones is 1. The highest BCUT2D eigenvalue weighted by atomic mass is 19.4. The van der Waals surface area contributed by atoms with Crippen molar-refractivity contribution in [1.29, 1.82) is 0 Å². The summed E-state index contributed by atoms with van der Waals surface area (Å²) in [5, 5.41) is 17.1. The van der Waals surface area contributed by atoms with Crippen molar-refractivity contribution < 1.29 is 55.8 Å². The van der Waals surface area contributed by atoms with Crippen molar-refractivity contribution >= 4 is 29.6 Å². The molecule has 1 saturated heterocycles. The van der Waals surface area contributed by atoms with E-state index in [0.29, 0.717) is 19.8 Å². The van der Waals surface area contributed by atoms with Crippen LogP contribution in [-0.4, -0.2) is 95.1 Å². The average molecular weight is 601 g/mol. The quantitative estimate of drug-likeness (QED) is 0.220. The fourth-order valence-electron chi connectivity index (χ4n) is 4.32. The summed E-state index contributed by atoms with van der Waals surface area (Å²) in [4.78, 5) is 64.8. The van der Waals surface area contributed by atoms with Crippen LogP contribution in [0.2, 0.25) is 0 Å². The Morgan fingerprint density at radius 3 is 2.07 bits per heavy atom. The Morgan fingerprint density at radius 1 is 1.02 bits per heavy atom. The number of piperidine rings is 1. The van der Waals surface area contributed by atoms with E-state index in [1.165, 1.54) is 20.8 Å². The lowest BCUT2D eigenvalue weighted by Crippen LogP contribution is -2.66. The molecule has 16 heteroatoms. The first-order chi connectivity index (χ1) is 18.6. The number of nitrogens with one attached hydrogen (secondary N) is 3. The van der Waals surface area contributed by atoms with Crippen LogP contribution in [0.3, 0.4) is 0 Å². The average Bonchev–Trinajstić information content (AvgIpc) is 3.65. The van der Waals surface area contributed by atoms with Gasteiger partial charge in [0.25, 0.3) is 5.91 Å². The topological polar surface area (TPSA) is 154 Å². The van der Waals surface area contributed by atoms with Crippen LogP contribution in [0.1, 0.15) is 66.2 Å². The largest absolute Gasteiger partial charge is 0.453 e. The summed E-state index contributed by atoms with van der Waals surface area (Å²) in [5.41, 5.74) is -4.44.